The first-order valence-electron chi connectivity index (χ1n) is 4.09. The normalized spacial score (nSPS) is 12.7. The highest BCUT2D eigenvalue weighted by Gasteiger charge is 2.08. The summed E-state index contributed by atoms with van der Waals surface area (Å²) in [6, 6.07) is 0.00935. The third-order valence-electron chi connectivity index (χ3n) is 1.92. The van der Waals surface area contributed by atoms with Crippen LogP contribution in [-0.2, 0) is 4.79 Å². The van der Waals surface area contributed by atoms with E-state index in [0.29, 0.717) is 0 Å². The van der Waals surface area contributed by atoms with Gasteiger partial charge in [0.25, 0.3) is 0 Å². The number of rotatable bonds is 6. The molecule has 0 aromatic rings. The van der Waals surface area contributed by atoms with Gasteiger partial charge in [-0.05, 0) is 26.9 Å². The molecule has 0 aromatic heterocycles. The highest BCUT2D eigenvalue weighted by molar-refractivity contribution is 5.57. The molecule has 0 bridgehead atoms. The lowest BCUT2D eigenvalue weighted by molar-refractivity contribution is -0.111. The summed E-state index contributed by atoms with van der Waals surface area (Å²) in [7, 11) is 5.65. The van der Waals surface area contributed by atoms with Gasteiger partial charge >= 0.3 is 0 Å². The van der Waals surface area contributed by atoms with E-state index in [9.17, 15) is 4.79 Å². The molecule has 0 heterocycles. The molecule has 0 fully saturated rings. The van der Waals surface area contributed by atoms with E-state index in [2.05, 4.69) is 11.9 Å². The second-order valence-corrected chi connectivity index (χ2v) is 3.06. The van der Waals surface area contributed by atoms with Gasteiger partial charge in [0.05, 0.1) is 6.04 Å². The quantitative estimate of drug-likeness (QED) is 0.593. The fraction of sp³-hybridized carbons (Fsp3) is 0.667. The second-order valence-electron chi connectivity index (χ2n) is 3.06. The van der Waals surface area contributed by atoms with Gasteiger partial charge in [0.15, 0.2) is 0 Å². The number of hydrogen-bond acceptors (Lipinski definition) is 3. The standard InChI is InChI=1S/C9H18N2O/c1-8(10-2)5-6-9(7-12)11(3)4/h7,9-10H,1,5-6H2,2-4H3. The molecule has 0 aromatic carbocycles. The zero-order valence-electron chi connectivity index (χ0n) is 8.13. The molecule has 1 atom stereocenters. The average molecular weight is 170 g/mol. The van der Waals surface area contributed by atoms with E-state index in [0.717, 1.165) is 24.8 Å². The van der Waals surface area contributed by atoms with Crippen LogP contribution in [0.15, 0.2) is 12.3 Å². The van der Waals surface area contributed by atoms with Gasteiger partial charge in [-0.25, -0.2) is 0 Å². The minimum Gasteiger partial charge on any atom is -0.392 e. The van der Waals surface area contributed by atoms with Crippen LogP contribution in [0.5, 0.6) is 0 Å². The fourth-order valence-electron chi connectivity index (χ4n) is 0.895. The Balaban J connectivity index is 3.72. The van der Waals surface area contributed by atoms with Crippen molar-refractivity contribution >= 4 is 6.29 Å². The van der Waals surface area contributed by atoms with E-state index in [4.69, 9.17) is 0 Å². The fourth-order valence-corrected chi connectivity index (χ4v) is 0.895. The van der Waals surface area contributed by atoms with Crippen LogP contribution in [0.4, 0.5) is 0 Å². The summed E-state index contributed by atoms with van der Waals surface area (Å²) < 4.78 is 0. The van der Waals surface area contributed by atoms with Gasteiger partial charge in [-0.1, -0.05) is 6.58 Å². The van der Waals surface area contributed by atoms with Crippen molar-refractivity contribution in [3.8, 4) is 0 Å². The van der Waals surface area contributed by atoms with Crippen LogP contribution in [0.1, 0.15) is 12.8 Å². The Morgan fingerprint density at radius 3 is 2.58 bits per heavy atom. The predicted molar refractivity (Wildman–Crippen MR) is 51.0 cm³/mol. The van der Waals surface area contributed by atoms with Gasteiger partial charge in [-0.15, -0.1) is 0 Å². The number of aldehydes is 1. The molecule has 0 aliphatic rings. The molecule has 3 nitrogen and oxygen atoms in total. The largest absolute Gasteiger partial charge is 0.392 e. The smallest absolute Gasteiger partial charge is 0.137 e. The van der Waals surface area contributed by atoms with Crippen molar-refractivity contribution in [2.24, 2.45) is 0 Å². The lowest BCUT2D eigenvalue weighted by atomic mass is 10.1. The first-order chi connectivity index (χ1) is 5.61. The van der Waals surface area contributed by atoms with Crippen LogP contribution < -0.4 is 5.32 Å². The van der Waals surface area contributed by atoms with Crippen molar-refractivity contribution in [2.75, 3.05) is 21.1 Å². The predicted octanol–water partition coefficient (Wildman–Crippen LogP) is 0.629. The molecule has 1 unspecified atom stereocenters. The summed E-state index contributed by atoms with van der Waals surface area (Å²) in [6.07, 6.45) is 2.65. The number of nitrogens with one attached hydrogen (secondary N) is 1. The number of allylic oxidation sites excluding steroid dienone is 1. The molecule has 0 spiro atoms. The van der Waals surface area contributed by atoms with E-state index >= 15 is 0 Å². The minimum absolute atomic E-state index is 0.00935. The number of carbonyl (C=O) groups excluding carboxylic acids is 1. The zero-order valence-corrected chi connectivity index (χ0v) is 8.13. The molecule has 0 rings (SSSR count). The third-order valence-corrected chi connectivity index (χ3v) is 1.92. The van der Waals surface area contributed by atoms with Crippen LogP contribution in [0, 0.1) is 0 Å². The van der Waals surface area contributed by atoms with Crippen LogP contribution in [0.2, 0.25) is 0 Å². The van der Waals surface area contributed by atoms with Crippen LogP contribution in [0.3, 0.4) is 0 Å². The summed E-state index contributed by atoms with van der Waals surface area (Å²) in [6.45, 7) is 3.79. The maximum atomic E-state index is 10.6. The summed E-state index contributed by atoms with van der Waals surface area (Å²) in [4.78, 5) is 12.5. The number of likely N-dealkylation sites (N-methyl/N-ethyl adjacent to an activating group) is 1. The molecule has 0 amide bonds. The highest BCUT2D eigenvalue weighted by Crippen LogP contribution is 2.04. The van der Waals surface area contributed by atoms with Gasteiger partial charge in [-0.2, -0.15) is 0 Å². The summed E-state index contributed by atoms with van der Waals surface area (Å²) >= 11 is 0. The van der Waals surface area contributed by atoms with Crippen molar-refractivity contribution in [3.63, 3.8) is 0 Å². The third kappa shape index (κ3) is 4.13. The van der Waals surface area contributed by atoms with Gasteiger partial charge in [-0.3, -0.25) is 4.90 Å². The van der Waals surface area contributed by atoms with Crippen molar-refractivity contribution in [3.05, 3.63) is 12.3 Å². The topological polar surface area (TPSA) is 32.3 Å². The monoisotopic (exact) mass is 170 g/mol. The van der Waals surface area contributed by atoms with Gasteiger partial charge < -0.3 is 10.1 Å². The van der Waals surface area contributed by atoms with Crippen LogP contribution in [-0.4, -0.2) is 38.4 Å². The molecular weight excluding hydrogens is 152 g/mol. The Labute approximate surface area is 74.4 Å². The first kappa shape index (κ1) is 11.2. The molecule has 0 radical (unpaired) electrons. The number of carbonyl (C=O) groups is 1. The molecule has 70 valence electrons. The molecule has 3 heteroatoms. The molecule has 12 heavy (non-hydrogen) atoms. The molecule has 0 aliphatic carbocycles. The molecule has 0 saturated heterocycles. The summed E-state index contributed by atoms with van der Waals surface area (Å²) in [5.74, 6) is 0. The number of nitrogens with zero attached hydrogens (tertiary/aromatic N) is 1. The van der Waals surface area contributed by atoms with Gasteiger partial charge in [0, 0.05) is 12.7 Å². The van der Waals surface area contributed by atoms with E-state index in [-0.39, 0.29) is 6.04 Å². The maximum Gasteiger partial charge on any atom is 0.137 e. The Bertz CT molecular complexity index is 155. The van der Waals surface area contributed by atoms with Crippen LogP contribution in [0.25, 0.3) is 0 Å². The lowest BCUT2D eigenvalue weighted by Gasteiger charge is -2.18. The lowest BCUT2D eigenvalue weighted by Crippen LogP contribution is -2.29. The minimum atomic E-state index is 0.00935. The SMILES string of the molecule is C=C(CCC(C=O)N(C)C)NC. The Kier molecular flexibility index (Phi) is 5.37. The Morgan fingerprint density at radius 1 is 1.67 bits per heavy atom. The molecule has 0 aliphatic heterocycles. The molecule has 1 N–H and O–H groups in total. The van der Waals surface area contributed by atoms with Crippen molar-refractivity contribution < 1.29 is 4.79 Å². The molecular formula is C9H18N2O. The summed E-state index contributed by atoms with van der Waals surface area (Å²) in [5.41, 5.74) is 0.976. The maximum absolute atomic E-state index is 10.6. The van der Waals surface area contributed by atoms with E-state index in [1.807, 2.05) is 26.0 Å². The molecule has 0 saturated carbocycles. The number of hydrogen-bond donors (Lipinski definition) is 1. The van der Waals surface area contributed by atoms with E-state index in [1.54, 1.807) is 0 Å². The highest BCUT2D eigenvalue weighted by atomic mass is 16.1. The van der Waals surface area contributed by atoms with Crippen LogP contribution >= 0.6 is 0 Å². The van der Waals surface area contributed by atoms with E-state index < -0.39 is 0 Å². The van der Waals surface area contributed by atoms with Crippen molar-refractivity contribution in [2.45, 2.75) is 18.9 Å². The Morgan fingerprint density at radius 2 is 2.25 bits per heavy atom. The van der Waals surface area contributed by atoms with E-state index in [1.165, 1.54) is 0 Å². The van der Waals surface area contributed by atoms with Crippen molar-refractivity contribution in [1.29, 1.82) is 0 Å². The van der Waals surface area contributed by atoms with Gasteiger partial charge in [0.2, 0.25) is 0 Å². The second kappa shape index (κ2) is 5.77. The average Bonchev–Trinajstić information content (AvgIpc) is 2.04. The zero-order chi connectivity index (χ0) is 9.56. The first-order valence-corrected chi connectivity index (χ1v) is 4.09. The summed E-state index contributed by atoms with van der Waals surface area (Å²) in [5, 5.41) is 2.95. The Hall–Kier alpha value is -0.830. The van der Waals surface area contributed by atoms with Crippen molar-refractivity contribution in [1.82, 2.24) is 10.2 Å². The van der Waals surface area contributed by atoms with Gasteiger partial charge in [0.1, 0.15) is 6.29 Å².